The van der Waals surface area contributed by atoms with E-state index in [4.69, 9.17) is 11.6 Å². The molecule has 1 aliphatic carbocycles. The van der Waals surface area contributed by atoms with Crippen molar-refractivity contribution in [3.63, 3.8) is 0 Å². The zero-order valence-electron chi connectivity index (χ0n) is 8.88. The van der Waals surface area contributed by atoms with E-state index in [0.717, 1.165) is 25.0 Å². The molecule has 0 spiro atoms. The van der Waals surface area contributed by atoms with Crippen LogP contribution >= 0.6 is 11.6 Å². The van der Waals surface area contributed by atoms with Gasteiger partial charge in [-0.2, -0.15) is 0 Å². The summed E-state index contributed by atoms with van der Waals surface area (Å²) in [7, 11) is 0. The Balaban J connectivity index is 2.28. The van der Waals surface area contributed by atoms with Gasteiger partial charge in [0, 0.05) is 10.6 Å². The summed E-state index contributed by atoms with van der Waals surface area (Å²) in [5.41, 5.74) is 0.278. The second-order valence-corrected chi connectivity index (χ2v) is 4.84. The molecular formula is C12H13ClF2O. The van der Waals surface area contributed by atoms with E-state index < -0.39 is 17.7 Å². The van der Waals surface area contributed by atoms with Gasteiger partial charge in [0.25, 0.3) is 0 Å². The molecule has 2 unspecified atom stereocenters. The van der Waals surface area contributed by atoms with E-state index in [1.165, 1.54) is 0 Å². The molecule has 88 valence electrons. The summed E-state index contributed by atoms with van der Waals surface area (Å²) in [4.78, 5) is 0. The Morgan fingerprint density at radius 2 is 1.88 bits per heavy atom. The van der Waals surface area contributed by atoms with E-state index in [2.05, 4.69) is 0 Å². The summed E-state index contributed by atoms with van der Waals surface area (Å²) in [6.45, 7) is 1.90. The third-order valence-corrected chi connectivity index (χ3v) is 3.55. The molecule has 1 fully saturated rings. The number of hydrogen-bond donors (Lipinski definition) is 1. The molecule has 0 amide bonds. The van der Waals surface area contributed by atoms with Crippen molar-refractivity contribution in [1.29, 1.82) is 0 Å². The van der Waals surface area contributed by atoms with Gasteiger partial charge >= 0.3 is 0 Å². The van der Waals surface area contributed by atoms with Gasteiger partial charge in [0.1, 0.15) is 0 Å². The predicted octanol–water partition coefficient (Wildman–Crippen LogP) is 3.70. The molecule has 1 N–H and O–H groups in total. The van der Waals surface area contributed by atoms with Gasteiger partial charge in [0.2, 0.25) is 0 Å². The molecule has 16 heavy (non-hydrogen) atoms. The third-order valence-electron chi connectivity index (χ3n) is 3.22. The van der Waals surface area contributed by atoms with Crippen molar-refractivity contribution in [1.82, 2.24) is 0 Å². The minimum absolute atomic E-state index is 0.0300. The van der Waals surface area contributed by atoms with Gasteiger partial charge in [-0.05, 0) is 36.8 Å². The quantitative estimate of drug-likeness (QED) is 0.807. The highest BCUT2D eigenvalue weighted by Crippen LogP contribution is 2.43. The van der Waals surface area contributed by atoms with E-state index in [9.17, 15) is 13.9 Å². The minimum atomic E-state index is -0.986. The van der Waals surface area contributed by atoms with Crippen LogP contribution in [0.3, 0.4) is 0 Å². The molecule has 0 radical (unpaired) electrons. The molecule has 1 aromatic rings. The Kier molecular flexibility index (Phi) is 3.17. The van der Waals surface area contributed by atoms with E-state index in [-0.39, 0.29) is 16.5 Å². The van der Waals surface area contributed by atoms with Crippen molar-refractivity contribution in [3.8, 4) is 0 Å². The van der Waals surface area contributed by atoms with Crippen molar-refractivity contribution in [2.24, 2.45) is 11.8 Å². The Morgan fingerprint density at radius 3 is 2.44 bits per heavy atom. The molecule has 2 rings (SSSR count). The molecule has 2 atom stereocenters. The van der Waals surface area contributed by atoms with Gasteiger partial charge in [0.15, 0.2) is 11.6 Å². The second kappa shape index (κ2) is 4.30. The molecule has 1 nitrogen and oxygen atoms in total. The monoisotopic (exact) mass is 246 g/mol. The van der Waals surface area contributed by atoms with Crippen LogP contribution in [0.5, 0.6) is 0 Å². The van der Waals surface area contributed by atoms with Crippen LogP contribution in [0.1, 0.15) is 31.4 Å². The minimum Gasteiger partial charge on any atom is -0.388 e. The highest BCUT2D eigenvalue weighted by Gasteiger charge is 2.34. The summed E-state index contributed by atoms with van der Waals surface area (Å²) < 4.78 is 25.9. The Labute approximate surface area is 98.0 Å². The molecule has 1 aliphatic rings. The van der Waals surface area contributed by atoms with Gasteiger partial charge in [-0.1, -0.05) is 18.5 Å². The number of benzene rings is 1. The van der Waals surface area contributed by atoms with Gasteiger partial charge in [-0.25, -0.2) is 8.78 Å². The highest BCUT2D eigenvalue weighted by atomic mass is 35.5. The topological polar surface area (TPSA) is 20.2 Å². The smallest absolute Gasteiger partial charge is 0.160 e. The maximum atomic E-state index is 13.1. The lowest BCUT2D eigenvalue weighted by Gasteiger charge is -2.19. The van der Waals surface area contributed by atoms with Gasteiger partial charge < -0.3 is 5.11 Å². The number of aliphatic hydroxyl groups is 1. The maximum Gasteiger partial charge on any atom is 0.160 e. The standard InChI is InChI=1S/C12H13ClF2O/c1-6(7-2-3-7)12(16)8-4-10(14)11(15)5-9(8)13/h4-7,12,16H,2-3H2,1H3. The molecular weight excluding hydrogens is 234 g/mol. The lowest BCUT2D eigenvalue weighted by atomic mass is 9.93. The fourth-order valence-electron chi connectivity index (χ4n) is 1.93. The van der Waals surface area contributed by atoms with Crippen LogP contribution in [0.15, 0.2) is 12.1 Å². The van der Waals surface area contributed by atoms with Gasteiger partial charge in [0.05, 0.1) is 6.10 Å². The molecule has 1 aromatic carbocycles. The molecule has 4 heteroatoms. The molecule has 0 heterocycles. The number of halogens is 3. The Hall–Kier alpha value is -0.670. The third kappa shape index (κ3) is 2.20. The first-order valence-corrected chi connectivity index (χ1v) is 5.71. The van der Waals surface area contributed by atoms with Crippen LogP contribution in [0.2, 0.25) is 5.02 Å². The summed E-state index contributed by atoms with van der Waals surface area (Å²) in [5.74, 6) is -1.46. The molecule has 0 aliphatic heterocycles. The average molecular weight is 247 g/mol. The highest BCUT2D eigenvalue weighted by molar-refractivity contribution is 6.31. The molecule has 0 bridgehead atoms. The van der Waals surface area contributed by atoms with Crippen molar-refractivity contribution < 1.29 is 13.9 Å². The van der Waals surface area contributed by atoms with Crippen LogP contribution < -0.4 is 0 Å². The lowest BCUT2D eigenvalue weighted by molar-refractivity contribution is 0.105. The summed E-state index contributed by atoms with van der Waals surface area (Å²) in [6.07, 6.45) is 1.34. The first kappa shape index (κ1) is 11.8. The number of aliphatic hydroxyl groups excluding tert-OH is 1. The summed E-state index contributed by atoms with van der Waals surface area (Å²) >= 11 is 5.80. The predicted molar refractivity (Wildman–Crippen MR) is 58.2 cm³/mol. The normalized spacial score (nSPS) is 19.6. The second-order valence-electron chi connectivity index (χ2n) is 4.43. The van der Waals surface area contributed by atoms with E-state index in [0.29, 0.717) is 5.92 Å². The Morgan fingerprint density at radius 1 is 1.31 bits per heavy atom. The SMILES string of the molecule is CC(C1CC1)C(O)c1cc(F)c(F)cc1Cl. The van der Waals surface area contributed by atoms with E-state index in [1.807, 2.05) is 6.92 Å². The van der Waals surface area contributed by atoms with E-state index in [1.54, 1.807) is 0 Å². The van der Waals surface area contributed by atoms with Crippen LogP contribution in [-0.4, -0.2) is 5.11 Å². The number of rotatable bonds is 3. The number of hydrogen-bond acceptors (Lipinski definition) is 1. The first-order chi connectivity index (χ1) is 7.50. The Bertz CT molecular complexity index is 404. The lowest BCUT2D eigenvalue weighted by Crippen LogP contribution is -2.12. The van der Waals surface area contributed by atoms with Crippen molar-refractivity contribution in [2.75, 3.05) is 0 Å². The molecule has 1 saturated carbocycles. The fourth-order valence-corrected chi connectivity index (χ4v) is 2.19. The van der Waals surface area contributed by atoms with Crippen molar-refractivity contribution in [3.05, 3.63) is 34.4 Å². The van der Waals surface area contributed by atoms with E-state index >= 15 is 0 Å². The van der Waals surface area contributed by atoms with Crippen LogP contribution in [0.25, 0.3) is 0 Å². The van der Waals surface area contributed by atoms with Crippen molar-refractivity contribution in [2.45, 2.75) is 25.9 Å². The van der Waals surface area contributed by atoms with Crippen LogP contribution in [0, 0.1) is 23.5 Å². The largest absolute Gasteiger partial charge is 0.388 e. The zero-order chi connectivity index (χ0) is 11.9. The van der Waals surface area contributed by atoms with Crippen LogP contribution in [0.4, 0.5) is 8.78 Å². The van der Waals surface area contributed by atoms with Gasteiger partial charge in [-0.15, -0.1) is 0 Å². The fraction of sp³-hybridized carbons (Fsp3) is 0.500. The van der Waals surface area contributed by atoms with Crippen molar-refractivity contribution >= 4 is 11.6 Å². The first-order valence-electron chi connectivity index (χ1n) is 5.33. The molecule has 0 saturated heterocycles. The zero-order valence-corrected chi connectivity index (χ0v) is 9.64. The van der Waals surface area contributed by atoms with Crippen LogP contribution in [-0.2, 0) is 0 Å². The summed E-state index contributed by atoms with van der Waals surface area (Å²) in [6, 6.07) is 1.90. The average Bonchev–Trinajstić information content (AvgIpc) is 3.05. The maximum absolute atomic E-state index is 13.1. The van der Waals surface area contributed by atoms with Gasteiger partial charge in [-0.3, -0.25) is 0 Å². The molecule has 0 aromatic heterocycles. The summed E-state index contributed by atoms with van der Waals surface area (Å²) in [5, 5.41) is 10.1.